The molecule has 0 spiro atoms. The number of rotatable bonds is 7. The molecule has 0 radical (unpaired) electrons. The van der Waals surface area contributed by atoms with Crippen molar-refractivity contribution < 1.29 is 17.9 Å². The zero-order chi connectivity index (χ0) is 16.7. The molecule has 1 fully saturated rings. The molecule has 1 aromatic carbocycles. The monoisotopic (exact) mass is 326 g/mol. The largest absolute Gasteiger partial charge is 0.428 e. The fourth-order valence-electron chi connectivity index (χ4n) is 3.42. The lowest BCUT2D eigenvalue weighted by molar-refractivity contribution is 0.241. The summed E-state index contributed by atoms with van der Waals surface area (Å²) in [5, 5.41) is 0. The summed E-state index contributed by atoms with van der Waals surface area (Å²) in [5.41, 5.74) is 1.19. The van der Waals surface area contributed by atoms with Gasteiger partial charge < -0.3 is 4.74 Å². The Balaban J connectivity index is 1.83. The van der Waals surface area contributed by atoms with Crippen LogP contribution in [-0.2, 0) is 0 Å². The van der Waals surface area contributed by atoms with Crippen LogP contribution in [0.25, 0.3) is 0 Å². The maximum absolute atomic E-state index is 12.7. The predicted molar refractivity (Wildman–Crippen MR) is 86.3 cm³/mol. The van der Waals surface area contributed by atoms with Crippen molar-refractivity contribution in [3.8, 4) is 5.75 Å². The average molecular weight is 326 g/mol. The molecule has 0 atom stereocenters. The molecular weight excluding hydrogens is 301 g/mol. The lowest BCUT2D eigenvalue weighted by Crippen LogP contribution is -2.13. The van der Waals surface area contributed by atoms with Crippen LogP contribution in [0.4, 0.5) is 13.2 Å². The highest BCUT2D eigenvalue weighted by Crippen LogP contribution is 2.38. The molecule has 1 nitrogen and oxygen atoms in total. The Hall–Kier alpha value is -1.45. The first-order chi connectivity index (χ1) is 11.1. The number of hydrogen-bond acceptors (Lipinski definition) is 1. The van der Waals surface area contributed by atoms with Crippen LogP contribution >= 0.6 is 0 Å². The molecule has 0 heterocycles. The summed E-state index contributed by atoms with van der Waals surface area (Å²) in [4.78, 5) is 0. The molecule has 0 bridgehead atoms. The van der Waals surface area contributed by atoms with Crippen LogP contribution in [0.15, 0.2) is 36.4 Å². The Kier molecular flexibility index (Phi) is 7.00. The summed E-state index contributed by atoms with van der Waals surface area (Å²) in [7, 11) is 0. The molecule has 2 rings (SSSR count). The molecule has 4 heteroatoms. The fraction of sp³-hybridized carbons (Fsp3) is 0.579. The molecular formula is C19H25F3O. The van der Waals surface area contributed by atoms with Crippen molar-refractivity contribution >= 4 is 0 Å². The van der Waals surface area contributed by atoms with E-state index in [1.165, 1.54) is 56.9 Å². The third kappa shape index (κ3) is 5.60. The Bertz CT molecular complexity index is 498. The lowest BCUT2D eigenvalue weighted by atomic mass is 9.77. The second-order valence-electron chi connectivity index (χ2n) is 6.42. The van der Waals surface area contributed by atoms with Crippen molar-refractivity contribution in [3.05, 3.63) is 41.9 Å². The van der Waals surface area contributed by atoms with E-state index in [4.69, 9.17) is 0 Å². The van der Waals surface area contributed by atoms with Crippen LogP contribution in [0.1, 0.15) is 69.8 Å². The molecule has 0 amide bonds. The Morgan fingerprint density at radius 3 is 2.22 bits per heavy atom. The maximum Gasteiger partial charge on any atom is 0.344 e. The van der Waals surface area contributed by atoms with Gasteiger partial charge in [0, 0.05) is 0 Å². The van der Waals surface area contributed by atoms with Gasteiger partial charge in [-0.3, -0.25) is 0 Å². The van der Waals surface area contributed by atoms with Crippen LogP contribution in [0.5, 0.6) is 5.75 Å². The zero-order valence-corrected chi connectivity index (χ0v) is 13.7. The molecule has 1 aliphatic rings. The topological polar surface area (TPSA) is 9.23 Å². The van der Waals surface area contributed by atoms with Gasteiger partial charge in [-0.15, -0.1) is 0 Å². The minimum atomic E-state index is -2.43. The SMILES string of the molecule is CCCCCC1CCC(c2ccc(OC(F)=C(F)F)cc2)CC1. The van der Waals surface area contributed by atoms with Gasteiger partial charge >= 0.3 is 12.1 Å². The van der Waals surface area contributed by atoms with Crippen LogP contribution < -0.4 is 4.74 Å². The number of unbranched alkanes of at least 4 members (excludes halogenated alkanes) is 2. The molecule has 1 aromatic rings. The summed E-state index contributed by atoms with van der Waals surface area (Å²) in [6, 6.07) is 5.02. The Labute approximate surface area is 136 Å². The highest BCUT2D eigenvalue weighted by molar-refractivity contribution is 5.30. The van der Waals surface area contributed by atoms with E-state index in [-0.39, 0.29) is 5.75 Å². The van der Waals surface area contributed by atoms with E-state index in [1.807, 2.05) is 12.1 Å². The van der Waals surface area contributed by atoms with Crippen LogP contribution in [0.2, 0.25) is 0 Å². The molecule has 0 saturated heterocycles. The van der Waals surface area contributed by atoms with Gasteiger partial charge in [-0.2, -0.15) is 13.2 Å². The van der Waals surface area contributed by atoms with Crippen molar-refractivity contribution in [3.63, 3.8) is 0 Å². The van der Waals surface area contributed by atoms with Crippen molar-refractivity contribution in [2.75, 3.05) is 0 Å². The summed E-state index contributed by atoms with van der Waals surface area (Å²) in [5.74, 6) is 1.48. The van der Waals surface area contributed by atoms with E-state index in [1.54, 1.807) is 12.1 Å². The van der Waals surface area contributed by atoms with Crippen LogP contribution in [0.3, 0.4) is 0 Å². The van der Waals surface area contributed by atoms with Crippen molar-refractivity contribution in [1.82, 2.24) is 0 Å². The lowest BCUT2D eigenvalue weighted by Gasteiger charge is -2.29. The number of halogens is 3. The Morgan fingerprint density at radius 2 is 1.65 bits per heavy atom. The molecule has 23 heavy (non-hydrogen) atoms. The third-order valence-electron chi connectivity index (χ3n) is 4.77. The predicted octanol–water partition coefficient (Wildman–Crippen LogP) is 6.95. The molecule has 0 aromatic heterocycles. The van der Waals surface area contributed by atoms with E-state index in [2.05, 4.69) is 11.7 Å². The highest BCUT2D eigenvalue weighted by atomic mass is 19.3. The molecule has 0 unspecified atom stereocenters. The zero-order valence-electron chi connectivity index (χ0n) is 13.7. The molecule has 1 aliphatic carbocycles. The minimum Gasteiger partial charge on any atom is -0.428 e. The quantitative estimate of drug-likeness (QED) is 0.389. The molecule has 0 N–H and O–H groups in total. The van der Waals surface area contributed by atoms with Gasteiger partial charge in [0.2, 0.25) is 0 Å². The average Bonchev–Trinajstić information content (AvgIpc) is 2.56. The molecule has 0 aliphatic heterocycles. The maximum atomic E-state index is 12.7. The van der Waals surface area contributed by atoms with Gasteiger partial charge in [-0.1, -0.05) is 44.7 Å². The normalized spacial score (nSPS) is 21.0. The second kappa shape index (κ2) is 8.99. The van der Waals surface area contributed by atoms with Gasteiger partial charge in [0.25, 0.3) is 0 Å². The second-order valence-corrected chi connectivity index (χ2v) is 6.42. The number of ether oxygens (including phenoxy) is 1. The van der Waals surface area contributed by atoms with E-state index < -0.39 is 12.1 Å². The van der Waals surface area contributed by atoms with E-state index in [9.17, 15) is 13.2 Å². The third-order valence-corrected chi connectivity index (χ3v) is 4.77. The Morgan fingerprint density at radius 1 is 1.00 bits per heavy atom. The number of hydrogen-bond donors (Lipinski definition) is 0. The van der Waals surface area contributed by atoms with Crippen LogP contribution in [-0.4, -0.2) is 0 Å². The van der Waals surface area contributed by atoms with Crippen molar-refractivity contribution in [2.24, 2.45) is 5.92 Å². The molecule has 128 valence electrons. The van der Waals surface area contributed by atoms with E-state index in [0.717, 1.165) is 5.92 Å². The summed E-state index contributed by atoms with van der Waals surface area (Å²) in [6.45, 7) is 2.23. The smallest absolute Gasteiger partial charge is 0.344 e. The number of benzene rings is 1. The standard InChI is InChI=1S/C19H25F3O/c1-2-3-4-5-14-6-8-15(9-7-14)16-10-12-17(13-11-16)23-19(22)18(20)21/h10-15H,2-9H2,1H3. The van der Waals surface area contributed by atoms with E-state index in [0.29, 0.717) is 5.92 Å². The van der Waals surface area contributed by atoms with Gasteiger partial charge in [0.1, 0.15) is 5.75 Å². The highest BCUT2D eigenvalue weighted by Gasteiger charge is 2.22. The van der Waals surface area contributed by atoms with Crippen molar-refractivity contribution in [1.29, 1.82) is 0 Å². The van der Waals surface area contributed by atoms with Crippen molar-refractivity contribution in [2.45, 2.75) is 64.2 Å². The van der Waals surface area contributed by atoms with Gasteiger partial charge in [-0.05, 0) is 55.2 Å². The molecule has 1 saturated carbocycles. The van der Waals surface area contributed by atoms with Gasteiger partial charge in [0.15, 0.2) is 0 Å². The summed E-state index contributed by atoms with van der Waals surface area (Å²) < 4.78 is 41.2. The van der Waals surface area contributed by atoms with Gasteiger partial charge in [0.05, 0.1) is 0 Å². The summed E-state index contributed by atoms with van der Waals surface area (Å²) in [6.07, 6.45) is 7.70. The first kappa shape index (κ1) is 17.9. The fourth-order valence-corrected chi connectivity index (χ4v) is 3.42. The van der Waals surface area contributed by atoms with E-state index >= 15 is 0 Å². The van der Waals surface area contributed by atoms with Gasteiger partial charge in [-0.25, -0.2) is 0 Å². The van der Waals surface area contributed by atoms with Crippen LogP contribution in [0, 0.1) is 5.92 Å². The first-order valence-electron chi connectivity index (χ1n) is 8.58. The first-order valence-corrected chi connectivity index (χ1v) is 8.58. The summed E-state index contributed by atoms with van der Waals surface area (Å²) >= 11 is 0. The minimum absolute atomic E-state index is 0.104.